The van der Waals surface area contributed by atoms with Gasteiger partial charge in [0.1, 0.15) is 5.82 Å². The summed E-state index contributed by atoms with van der Waals surface area (Å²) in [6.07, 6.45) is 4.09. The van der Waals surface area contributed by atoms with E-state index in [0.29, 0.717) is 5.92 Å². The van der Waals surface area contributed by atoms with Gasteiger partial charge in [-0.25, -0.2) is 4.98 Å². The average Bonchev–Trinajstić information content (AvgIpc) is 2.52. The molecule has 5 nitrogen and oxygen atoms in total. The summed E-state index contributed by atoms with van der Waals surface area (Å²) in [7, 11) is 0. The van der Waals surface area contributed by atoms with Gasteiger partial charge >= 0.3 is 0 Å². The highest BCUT2D eigenvalue weighted by Crippen LogP contribution is 2.24. The largest absolute Gasteiger partial charge is 0.356 e. The normalized spacial score (nSPS) is 16.0. The highest BCUT2D eigenvalue weighted by Gasteiger charge is 2.21. The van der Waals surface area contributed by atoms with E-state index >= 15 is 0 Å². The number of aromatic nitrogens is 1. The molecule has 0 unspecified atom stereocenters. The fourth-order valence-electron chi connectivity index (χ4n) is 2.75. The number of anilines is 1. The predicted molar refractivity (Wildman–Crippen MR) is 85.2 cm³/mol. The van der Waals surface area contributed by atoms with Crippen molar-refractivity contribution in [2.75, 3.05) is 31.1 Å². The van der Waals surface area contributed by atoms with Crippen LogP contribution in [0.1, 0.15) is 32.3 Å². The number of carbonyl (C=O) groups excluding carboxylic acids is 1. The monoisotopic (exact) mass is 290 g/mol. The molecule has 1 aliphatic rings. The molecule has 0 aromatic carbocycles. The van der Waals surface area contributed by atoms with E-state index in [4.69, 9.17) is 0 Å². The zero-order chi connectivity index (χ0) is 15.1. The predicted octanol–water partition coefficient (Wildman–Crippen LogP) is 1.54. The molecular formula is C16H26N4O. The zero-order valence-electron chi connectivity index (χ0n) is 13.1. The van der Waals surface area contributed by atoms with E-state index < -0.39 is 0 Å². The minimum absolute atomic E-state index is 0.0649. The quantitative estimate of drug-likeness (QED) is 0.834. The van der Waals surface area contributed by atoms with Crippen molar-refractivity contribution < 1.29 is 4.79 Å². The summed E-state index contributed by atoms with van der Waals surface area (Å²) in [6, 6.07) is 4.15. The summed E-state index contributed by atoms with van der Waals surface area (Å²) in [4.78, 5) is 17.9. The molecule has 1 saturated heterocycles. The Morgan fingerprint density at radius 2 is 2.19 bits per heavy atom. The summed E-state index contributed by atoms with van der Waals surface area (Å²) >= 11 is 0. The second-order valence-electron chi connectivity index (χ2n) is 5.63. The van der Waals surface area contributed by atoms with Crippen LogP contribution in [0.15, 0.2) is 18.3 Å². The number of nitrogens with zero attached hydrogens (tertiary/aromatic N) is 2. The van der Waals surface area contributed by atoms with Gasteiger partial charge in [-0.2, -0.15) is 0 Å². The number of amides is 1. The van der Waals surface area contributed by atoms with Gasteiger partial charge in [-0.05, 0) is 31.4 Å². The van der Waals surface area contributed by atoms with Gasteiger partial charge in [0, 0.05) is 44.9 Å². The number of nitrogens with one attached hydrogen (secondary N) is 2. The van der Waals surface area contributed by atoms with Gasteiger partial charge in [-0.1, -0.05) is 13.0 Å². The van der Waals surface area contributed by atoms with Crippen LogP contribution in [0, 0.1) is 5.92 Å². The van der Waals surface area contributed by atoms with Crippen molar-refractivity contribution in [2.24, 2.45) is 5.92 Å². The van der Waals surface area contributed by atoms with Crippen LogP contribution in [0.2, 0.25) is 0 Å². The maximum Gasteiger partial charge on any atom is 0.216 e. The molecule has 0 spiro atoms. The lowest BCUT2D eigenvalue weighted by molar-refractivity contribution is -0.119. The van der Waals surface area contributed by atoms with Crippen molar-refractivity contribution in [3.63, 3.8) is 0 Å². The Labute approximate surface area is 127 Å². The lowest BCUT2D eigenvalue weighted by Crippen LogP contribution is -2.39. The van der Waals surface area contributed by atoms with Crippen LogP contribution < -0.4 is 15.5 Å². The first-order valence-corrected chi connectivity index (χ1v) is 7.84. The molecule has 0 bridgehead atoms. The highest BCUT2D eigenvalue weighted by molar-refractivity contribution is 5.72. The van der Waals surface area contributed by atoms with Crippen LogP contribution in [0.3, 0.4) is 0 Å². The molecule has 1 amide bonds. The minimum atomic E-state index is 0.0649. The maximum absolute atomic E-state index is 11.0. The van der Waals surface area contributed by atoms with Crippen LogP contribution >= 0.6 is 0 Å². The maximum atomic E-state index is 11.0. The molecule has 1 fully saturated rings. The molecule has 2 heterocycles. The summed E-state index contributed by atoms with van der Waals surface area (Å²) in [6.45, 7) is 8.36. The third-order valence-corrected chi connectivity index (χ3v) is 3.99. The zero-order valence-corrected chi connectivity index (χ0v) is 13.1. The van der Waals surface area contributed by atoms with Gasteiger partial charge in [0.25, 0.3) is 0 Å². The number of rotatable bonds is 6. The molecule has 1 aromatic rings. The van der Waals surface area contributed by atoms with E-state index in [2.05, 4.69) is 33.5 Å². The lowest BCUT2D eigenvalue weighted by atomic mass is 9.96. The first kappa shape index (κ1) is 15.8. The molecule has 2 N–H and O–H groups in total. The molecule has 2 rings (SSSR count). The van der Waals surface area contributed by atoms with E-state index in [1.807, 2.05) is 12.3 Å². The number of carbonyl (C=O) groups is 1. The Hall–Kier alpha value is -1.62. The van der Waals surface area contributed by atoms with Crippen molar-refractivity contribution in [1.82, 2.24) is 15.6 Å². The van der Waals surface area contributed by atoms with E-state index in [0.717, 1.165) is 51.4 Å². The summed E-state index contributed by atoms with van der Waals surface area (Å²) in [5.41, 5.74) is 1.26. The number of hydrogen-bond acceptors (Lipinski definition) is 4. The molecule has 0 aliphatic carbocycles. The van der Waals surface area contributed by atoms with Gasteiger partial charge in [0.15, 0.2) is 0 Å². The Bertz CT molecular complexity index is 455. The summed E-state index contributed by atoms with van der Waals surface area (Å²) in [5.74, 6) is 1.76. The Kier molecular flexibility index (Phi) is 5.99. The van der Waals surface area contributed by atoms with Gasteiger partial charge < -0.3 is 15.5 Å². The van der Waals surface area contributed by atoms with Gasteiger partial charge in [-0.15, -0.1) is 0 Å². The topological polar surface area (TPSA) is 57.3 Å². The van der Waals surface area contributed by atoms with E-state index in [-0.39, 0.29) is 5.91 Å². The molecule has 1 aliphatic heterocycles. The second kappa shape index (κ2) is 7.98. The number of pyridine rings is 1. The first-order chi connectivity index (χ1) is 10.2. The highest BCUT2D eigenvalue weighted by atomic mass is 16.1. The van der Waals surface area contributed by atoms with E-state index in [1.54, 1.807) is 6.92 Å². The van der Waals surface area contributed by atoms with Gasteiger partial charge in [-0.3, -0.25) is 4.79 Å². The molecule has 116 valence electrons. The third-order valence-electron chi connectivity index (χ3n) is 3.99. The molecule has 5 heteroatoms. The van der Waals surface area contributed by atoms with Crippen molar-refractivity contribution in [2.45, 2.75) is 33.2 Å². The molecule has 1 aromatic heterocycles. The molecular weight excluding hydrogens is 264 g/mol. The third kappa shape index (κ3) is 4.70. The molecule has 0 saturated carbocycles. The van der Waals surface area contributed by atoms with Crippen molar-refractivity contribution in [3.05, 3.63) is 23.9 Å². The number of piperidine rings is 1. The molecule has 21 heavy (non-hydrogen) atoms. The van der Waals surface area contributed by atoms with Crippen molar-refractivity contribution in [3.8, 4) is 0 Å². The van der Waals surface area contributed by atoms with Gasteiger partial charge in [0.05, 0.1) is 0 Å². The summed E-state index contributed by atoms with van der Waals surface area (Å²) < 4.78 is 0. The smallest absolute Gasteiger partial charge is 0.216 e. The Balaban J connectivity index is 1.91. The van der Waals surface area contributed by atoms with Crippen LogP contribution in [0.4, 0.5) is 5.82 Å². The fraction of sp³-hybridized carbons (Fsp3) is 0.625. The average molecular weight is 290 g/mol. The van der Waals surface area contributed by atoms with E-state index in [9.17, 15) is 4.79 Å². The minimum Gasteiger partial charge on any atom is -0.356 e. The van der Waals surface area contributed by atoms with Crippen LogP contribution in [0.5, 0.6) is 0 Å². The Morgan fingerprint density at radius 1 is 1.43 bits per heavy atom. The summed E-state index contributed by atoms with van der Waals surface area (Å²) in [5, 5.41) is 6.30. The van der Waals surface area contributed by atoms with Gasteiger partial charge in [0.2, 0.25) is 5.91 Å². The van der Waals surface area contributed by atoms with Crippen LogP contribution in [0.25, 0.3) is 0 Å². The van der Waals surface area contributed by atoms with Crippen LogP contribution in [-0.2, 0) is 11.3 Å². The van der Waals surface area contributed by atoms with Crippen molar-refractivity contribution in [1.29, 1.82) is 0 Å². The fourth-order valence-corrected chi connectivity index (χ4v) is 2.75. The molecule has 0 atom stereocenters. The first-order valence-electron chi connectivity index (χ1n) is 7.84. The van der Waals surface area contributed by atoms with Crippen molar-refractivity contribution >= 4 is 11.7 Å². The number of hydrogen-bond donors (Lipinski definition) is 2. The SMILES string of the molecule is CCNCc1cccnc1N1CCC(CNC(C)=O)CC1. The Morgan fingerprint density at radius 3 is 2.86 bits per heavy atom. The standard InChI is InChI=1S/C16H26N4O/c1-3-17-12-15-5-4-8-18-16(15)20-9-6-14(7-10-20)11-19-13(2)21/h4-5,8,14,17H,3,6-7,9-12H2,1-2H3,(H,19,21). The second-order valence-corrected chi connectivity index (χ2v) is 5.63. The van der Waals surface area contributed by atoms with Crippen LogP contribution in [-0.4, -0.2) is 37.1 Å². The molecule has 0 radical (unpaired) electrons. The van der Waals surface area contributed by atoms with E-state index in [1.165, 1.54) is 5.56 Å². The lowest BCUT2D eigenvalue weighted by Gasteiger charge is -2.34.